The van der Waals surface area contributed by atoms with Crippen molar-refractivity contribution in [2.24, 2.45) is 0 Å². The lowest BCUT2D eigenvalue weighted by Crippen LogP contribution is -2.19. The Morgan fingerprint density at radius 1 is 1.42 bits per heavy atom. The minimum absolute atomic E-state index is 0.0685. The maximum Gasteiger partial charge on any atom is 0.417 e. The summed E-state index contributed by atoms with van der Waals surface area (Å²) in [5.74, 6) is 1.78. The van der Waals surface area contributed by atoms with Gasteiger partial charge in [0.1, 0.15) is 0 Å². The van der Waals surface area contributed by atoms with Crippen molar-refractivity contribution < 1.29 is 13.2 Å². The van der Waals surface area contributed by atoms with Crippen molar-refractivity contribution in [3.05, 3.63) is 29.3 Å². The van der Waals surface area contributed by atoms with Crippen LogP contribution in [0.4, 0.5) is 18.9 Å². The van der Waals surface area contributed by atoms with Gasteiger partial charge in [-0.05, 0) is 30.9 Å². The number of nitrogens with zero attached hydrogens (tertiary/aromatic N) is 1. The van der Waals surface area contributed by atoms with Crippen LogP contribution in [0.15, 0.2) is 18.2 Å². The van der Waals surface area contributed by atoms with Gasteiger partial charge in [0.15, 0.2) is 0 Å². The zero-order chi connectivity index (χ0) is 14.5. The van der Waals surface area contributed by atoms with E-state index >= 15 is 0 Å². The lowest BCUT2D eigenvalue weighted by atomic mass is 10.1. The molecule has 104 valence electrons. The van der Waals surface area contributed by atoms with Crippen LogP contribution in [0.1, 0.15) is 25.0 Å². The van der Waals surface area contributed by atoms with E-state index in [-0.39, 0.29) is 11.6 Å². The van der Waals surface area contributed by atoms with Gasteiger partial charge in [-0.25, -0.2) is 0 Å². The molecule has 1 atom stereocenters. The molecule has 0 bridgehead atoms. The molecule has 0 aliphatic carbocycles. The fourth-order valence-corrected chi connectivity index (χ4v) is 2.26. The third kappa shape index (κ3) is 4.67. The van der Waals surface area contributed by atoms with Crippen molar-refractivity contribution in [3.8, 4) is 6.07 Å². The van der Waals surface area contributed by atoms with Crippen LogP contribution in [-0.4, -0.2) is 17.5 Å². The summed E-state index contributed by atoms with van der Waals surface area (Å²) in [6, 6.07) is 5.33. The van der Waals surface area contributed by atoms with Gasteiger partial charge in [0, 0.05) is 17.5 Å². The van der Waals surface area contributed by atoms with Gasteiger partial charge in [-0.1, -0.05) is 6.92 Å². The number of benzene rings is 1. The van der Waals surface area contributed by atoms with Crippen LogP contribution in [-0.2, 0) is 6.18 Å². The van der Waals surface area contributed by atoms with Crippen molar-refractivity contribution in [3.63, 3.8) is 0 Å². The van der Waals surface area contributed by atoms with Crippen molar-refractivity contribution in [1.29, 1.82) is 5.26 Å². The first kappa shape index (κ1) is 15.7. The van der Waals surface area contributed by atoms with Crippen LogP contribution in [0.25, 0.3) is 0 Å². The zero-order valence-corrected chi connectivity index (χ0v) is 11.5. The van der Waals surface area contributed by atoms with Gasteiger partial charge in [-0.15, -0.1) is 0 Å². The summed E-state index contributed by atoms with van der Waals surface area (Å²) >= 11 is 1.72. The van der Waals surface area contributed by atoms with E-state index in [1.807, 2.05) is 13.8 Å². The highest BCUT2D eigenvalue weighted by Gasteiger charge is 2.33. The second-order valence-electron chi connectivity index (χ2n) is 4.07. The molecule has 1 unspecified atom stereocenters. The molecule has 1 aromatic carbocycles. The smallest absolute Gasteiger partial charge is 0.382 e. The molecule has 0 saturated carbocycles. The summed E-state index contributed by atoms with van der Waals surface area (Å²) in [6.07, 6.45) is -4.51. The van der Waals surface area contributed by atoms with Crippen LogP contribution in [0.5, 0.6) is 0 Å². The van der Waals surface area contributed by atoms with Gasteiger partial charge in [0.05, 0.1) is 17.2 Å². The topological polar surface area (TPSA) is 35.8 Å². The number of anilines is 1. The van der Waals surface area contributed by atoms with E-state index in [9.17, 15) is 13.2 Å². The molecule has 0 radical (unpaired) electrons. The Morgan fingerprint density at radius 3 is 2.63 bits per heavy atom. The van der Waals surface area contributed by atoms with Gasteiger partial charge >= 0.3 is 6.18 Å². The van der Waals surface area contributed by atoms with E-state index in [1.165, 1.54) is 12.1 Å². The number of nitrogens with one attached hydrogen (secondary N) is 1. The molecule has 0 aliphatic heterocycles. The van der Waals surface area contributed by atoms with Gasteiger partial charge in [0.2, 0.25) is 0 Å². The third-order valence-electron chi connectivity index (χ3n) is 2.43. The Morgan fingerprint density at radius 2 is 2.11 bits per heavy atom. The molecule has 0 fully saturated rings. The largest absolute Gasteiger partial charge is 0.417 e. The van der Waals surface area contributed by atoms with Gasteiger partial charge < -0.3 is 5.32 Å². The summed E-state index contributed by atoms with van der Waals surface area (Å²) in [6.45, 7) is 3.94. The fourth-order valence-electron chi connectivity index (χ4n) is 1.59. The maximum absolute atomic E-state index is 12.8. The van der Waals surface area contributed by atoms with E-state index in [4.69, 9.17) is 5.26 Å². The Kier molecular flexibility index (Phi) is 5.55. The van der Waals surface area contributed by atoms with E-state index in [0.29, 0.717) is 5.69 Å². The average Bonchev–Trinajstić information content (AvgIpc) is 2.35. The maximum atomic E-state index is 12.8. The normalized spacial score (nSPS) is 12.8. The second kappa shape index (κ2) is 6.71. The highest BCUT2D eigenvalue weighted by molar-refractivity contribution is 7.99. The highest BCUT2D eigenvalue weighted by Crippen LogP contribution is 2.33. The summed E-state index contributed by atoms with van der Waals surface area (Å²) in [5.41, 5.74) is -0.862. The van der Waals surface area contributed by atoms with Crippen LogP contribution in [0.3, 0.4) is 0 Å². The van der Waals surface area contributed by atoms with E-state index in [0.717, 1.165) is 17.6 Å². The van der Waals surface area contributed by atoms with E-state index in [1.54, 1.807) is 17.8 Å². The molecule has 0 amide bonds. The van der Waals surface area contributed by atoms with Crippen LogP contribution >= 0.6 is 11.8 Å². The molecule has 1 rings (SSSR count). The predicted octanol–water partition coefficient (Wildman–Crippen LogP) is 4.13. The number of halogens is 3. The fraction of sp³-hybridized carbons (Fsp3) is 0.462. The summed E-state index contributed by atoms with van der Waals surface area (Å²) in [5, 5.41) is 11.7. The zero-order valence-electron chi connectivity index (χ0n) is 10.7. The molecule has 0 heterocycles. The van der Waals surface area contributed by atoms with Crippen molar-refractivity contribution in [2.45, 2.75) is 26.1 Å². The number of nitriles is 1. The van der Waals surface area contributed by atoms with Crippen molar-refractivity contribution in [1.82, 2.24) is 0 Å². The number of thioether (sulfide) groups is 1. The highest BCUT2D eigenvalue weighted by atomic mass is 32.2. The van der Waals surface area contributed by atoms with Crippen molar-refractivity contribution in [2.75, 3.05) is 16.8 Å². The minimum Gasteiger partial charge on any atom is -0.382 e. The van der Waals surface area contributed by atoms with E-state index < -0.39 is 11.7 Å². The molecular formula is C13H15F3N2S. The molecule has 2 nitrogen and oxygen atoms in total. The van der Waals surface area contributed by atoms with Crippen LogP contribution in [0.2, 0.25) is 0 Å². The lowest BCUT2D eigenvalue weighted by Gasteiger charge is -2.16. The first-order valence-corrected chi connectivity index (χ1v) is 6.99. The molecular weight excluding hydrogens is 273 g/mol. The Hall–Kier alpha value is -1.35. The first-order chi connectivity index (χ1) is 8.88. The van der Waals surface area contributed by atoms with Gasteiger partial charge in [-0.2, -0.15) is 30.2 Å². The second-order valence-corrected chi connectivity index (χ2v) is 5.39. The molecule has 1 aromatic rings. The molecule has 0 aliphatic rings. The minimum atomic E-state index is -4.51. The monoisotopic (exact) mass is 288 g/mol. The van der Waals surface area contributed by atoms with Crippen LogP contribution < -0.4 is 5.32 Å². The SMILES string of the molecule is CCSCC(C)Nc1ccc(C#N)c(C(F)(F)F)c1. The van der Waals surface area contributed by atoms with E-state index in [2.05, 4.69) is 5.32 Å². The molecule has 0 spiro atoms. The van der Waals surface area contributed by atoms with Crippen LogP contribution in [0, 0.1) is 11.3 Å². The summed E-state index contributed by atoms with van der Waals surface area (Å²) in [7, 11) is 0. The lowest BCUT2D eigenvalue weighted by molar-refractivity contribution is -0.137. The standard InChI is InChI=1S/C13H15F3N2S/c1-3-19-8-9(2)18-11-5-4-10(7-17)12(6-11)13(14,15)16/h4-6,9,18H,3,8H2,1-2H3. The quantitative estimate of drug-likeness (QED) is 0.885. The average molecular weight is 288 g/mol. The summed E-state index contributed by atoms with van der Waals surface area (Å²) in [4.78, 5) is 0. The molecule has 6 heteroatoms. The summed E-state index contributed by atoms with van der Waals surface area (Å²) < 4.78 is 38.3. The Bertz CT molecular complexity index is 466. The van der Waals surface area contributed by atoms with Gasteiger partial charge in [-0.3, -0.25) is 0 Å². The number of rotatable bonds is 5. The Labute approximate surface area is 115 Å². The first-order valence-electron chi connectivity index (χ1n) is 5.84. The van der Waals surface area contributed by atoms with Gasteiger partial charge in [0.25, 0.3) is 0 Å². The molecule has 0 saturated heterocycles. The number of alkyl halides is 3. The molecule has 0 aromatic heterocycles. The molecule has 19 heavy (non-hydrogen) atoms. The number of hydrogen-bond acceptors (Lipinski definition) is 3. The molecule has 1 N–H and O–H groups in total. The van der Waals surface area contributed by atoms with Crippen molar-refractivity contribution >= 4 is 17.4 Å². The predicted molar refractivity (Wildman–Crippen MR) is 72.2 cm³/mol. The Balaban J connectivity index is 2.91. The third-order valence-corrected chi connectivity index (χ3v) is 3.57. The number of hydrogen-bond donors (Lipinski definition) is 1.